The molecule has 2 amide bonds. The molecule has 2 N–H and O–H groups in total. The van der Waals surface area contributed by atoms with Gasteiger partial charge in [0.1, 0.15) is 23.5 Å². The molecule has 2 heterocycles. The lowest BCUT2D eigenvalue weighted by atomic mass is 9.99. The van der Waals surface area contributed by atoms with Crippen molar-refractivity contribution in [1.29, 1.82) is 0 Å². The molecule has 1 saturated heterocycles. The van der Waals surface area contributed by atoms with Crippen molar-refractivity contribution in [3.63, 3.8) is 0 Å². The normalized spacial score (nSPS) is 13.4. The third kappa shape index (κ3) is 4.91. The fourth-order valence-corrected chi connectivity index (χ4v) is 4.05. The summed E-state index contributed by atoms with van der Waals surface area (Å²) < 4.78 is 11.4. The van der Waals surface area contributed by atoms with Crippen molar-refractivity contribution in [2.45, 2.75) is 6.61 Å². The summed E-state index contributed by atoms with van der Waals surface area (Å²) in [5.74, 6) is -0.766. The first-order valence-electron chi connectivity index (χ1n) is 10.8. The third-order valence-corrected chi connectivity index (χ3v) is 6.01. The van der Waals surface area contributed by atoms with Gasteiger partial charge in [-0.05, 0) is 71.4 Å². The molecule has 0 bridgehead atoms. The van der Waals surface area contributed by atoms with E-state index in [1.54, 1.807) is 36.4 Å². The number of ether oxygens (including phenoxy) is 1. The van der Waals surface area contributed by atoms with Gasteiger partial charge in [0.25, 0.3) is 11.8 Å². The Labute approximate surface area is 215 Å². The molecule has 4 aromatic rings. The summed E-state index contributed by atoms with van der Waals surface area (Å²) in [4.78, 5) is 37.2. The van der Waals surface area contributed by atoms with Gasteiger partial charge in [-0.25, -0.2) is 0 Å². The van der Waals surface area contributed by atoms with Crippen LogP contribution in [0.3, 0.4) is 0 Å². The number of halogens is 1. The molecule has 3 aromatic carbocycles. The Bertz CT molecular complexity index is 1600. The van der Waals surface area contributed by atoms with Crippen LogP contribution in [0.25, 0.3) is 28.2 Å². The molecule has 1 aliphatic heterocycles. The molecule has 0 radical (unpaired) electrons. The Hall–Kier alpha value is -4.27. The van der Waals surface area contributed by atoms with E-state index < -0.39 is 11.8 Å². The second kappa shape index (κ2) is 9.77. The maximum atomic E-state index is 12.5. The van der Waals surface area contributed by atoms with Crippen LogP contribution in [0.4, 0.5) is 0 Å². The molecule has 9 heteroatoms. The minimum absolute atomic E-state index is 0.0508. The summed E-state index contributed by atoms with van der Waals surface area (Å²) in [6.07, 6.45) is 2.80. The number of hydrogen-bond acceptors (Lipinski definition) is 6. The number of hydrogen-bond donors (Lipinski definition) is 2. The third-order valence-electron chi connectivity index (χ3n) is 5.55. The number of nitrogens with one attached hydrogen (secondary N) is 2. The van der Waals surface area contributed by atoms with Gasteiger partial charge < -0.3 is 9.15 Å². The van der Waals surface area contributed by atoms with Crippen molar-refractivity contribution in [2.75, 3.05) is 0 Å². The number of carbonyl (C=O) groups excluding carboxylic acids is 2. The molecule has 1 aromatic heterocycles. The topological polar surface area (TPSA) is 97.6 Å². The average Bonchev–Trinajstić information content (AvgIpc) is 2.86. The predicted molar refractivity (Wildman–Crippen MR) is 141 cm³/mol. The molecule has 178 valence electrons. The van der Waals surface area contributed by atoms with Crippen molar-refractivity contribution in [2.24, 2.45) is 0 Å². The molecule has 0 aliphatic carbocycles. The van der Waals surface area contributed by atoms with Gasteiger partial charge in [-0.15, -0.1) is 0 Å². The van der Waals surface area contributed by atoms with E-state index in [4.69, 9.17) is 33.0 Å². The first kappa shape index (κ1) is 23.5. The van der Waals surface area contributed by atoms with E-state index >= 15 is 0 Å². The number of amides is 2. The van der Waals surface area contributed by atoms with Gasteiger partial charge in [-0.3, -0.25) is 25.0 Å². The molecule has 36 heavy (non-hydrogen) atoms. The maximum Gasteiger partial charge on any atom is 0.263 e. The zero-order chi connectivity index (χ0) is 25.2. The van der Waals surface area contributed by atoms with Gasteiger partial charge in [-0.2, -0.15) is 0 Å². The summed E-state index contributed by atoms with van der Waals surface area (Å²) in [6.45, 7) is 0.242. The monoisotopic (exact) mass is 516 g/mol. The molecule has 1 aliphatic rings. The van der Waals surface area contributed by atoms with Crippen molar-refractivity contribution in [1.82, 2.24) is 10.6 Å². The van der Waals surface area contributed by atoms with Crippen LogP contribution in [0.5, 0.6) is 5.75 Å². The highest BCUT2D eigenvalue weighted by atomic mass is 35.5. The van der Waals surface area contributed by atoms with Crippen LogP contribution in [0.1, 0.15) is 11.1 Å². The van der Waals surface area contributed by atoms with E-state index in [-0.39, 0.29) is 22.7 Å². The molecule has 5 rings (SSSR count). The summed E-state index contributed by atoms with van der Waals surface area (Å²) in [5.41, 5.74) is 3.09. The Morgan fingerprint density at radius 1 is 0.889 bits per heavy atom. The SMILES string of the molecule is O=C1NC(=S)NC(=O)C1=Cc1cc(-c2ccc3occc(=O)c3c2)ccc1OCc1ccc(Cl)cc1. The van der Waals surface area contributed by atoms with Crippen LogP contribution in [0.2, 0.25) is 5.02 Å². The van der Waals surface area contributed by atoms with Gasteiger partial charge in [0.15, 0.2) is 10.5 Å². The van der Waals surface area contributed by atoms with E-state index in [0.717, 1.165) is 16.7 Å². The largest absolute Gasteiger partial charge is 0.488 e. The molecular formula is C27H17ClN2O5S. The number of benzene rings is 3. The van der Waals surface area contributed by atoms with Crippen molar-refractivity contribution in [3.05, 3.63) is 105 Å². The highest BCUT2D eigenvalue weighted by Crippen LogP contribution is 2.31. The van der Waals surface area contributed by atoms with E-state index in [1.165, 1.54) is 18.4 Å². The quantitative estimate of drug-likeness (QED) is 0.228. The van der Waals surface area contributed by atoms with Crippen LogP contribution < -0.4 is 20.8 Å². The average molecular weight is 517 g/mol. The lowest BCUT2D eigenvalue weighted by Crippen LogP contribution is -2.51. The molecule has 0 spiro atoms. The molecule has 7 nitrogen and oxygen atoms in total. The molecule has 0 saturated carbocycles. The predicted octanol–water partition coefficient (Wildman–Crippen LogP) is 4.61. The van der Waals surface area contributed by atoms with Gasteiger partial charge >= 0.3 is 0 Å². The van der Waals surface area contributed by atoms with E-state index in [1.807, 2.05) is 24.3 Å². The van der Waals surface area contributed by atoms with Crippen LogP contribution in [-0.2, 0) is 16.2 Å². The fourth-order valence-electron chi connectivity index (χ4n) is 3.74. The van der Waals surface area contributed by atoms with Crippen LogP contribution in [-0.4, -0.2) is 16.9 Å². The molecule has 0 atom stereocenters. The molecular weight excluding hydrogens is 500 g/mol. The van der Waals surface area contributed by atoms with Gasteiger partial charge in [0.2, 0.25) is 0 Å². The number of fused-ring (bicyclic) bond motifs is 1. The number of thiocarbonyl (C=S) groups is 1. The van der Waals surface area contributed by atoms with Crippen molar-refractivity contribution in [3.8, 4) is 16.9 Å². The summed E-state index contributed by atoms with van der Waals surface area (Å²) in [6, 6.07) is 19.2. The van der Waals surface area contributed by atoms with Gasteiger partial charge in [0, 0.05) is 16.7 Å². The molecule has 1 fully saturated rings. The van der Waals surface area contributed by atoms with E-state index in [0.29, 0.717) is 27.3 Å². The number of rotatable bonds is 5. The fraction of sp³-hybridized carbons (Fsp3) is 0.0370. The second-order valence-corrected chi connectivity index (χ2v) is 8.80. The zero-order valence-corrected chi connectivity index (χ0v) is 20.1. The second-order valence-electron chi connectivity index (χ2n) is 7.96. The highest BCUT2D eigenvalue weighted by Gasteiger charge is 2.26. The lowest BCUT2D eigenvalue weighted by molar-refractivity contribution is -0.123. The van der Waals surface area contributed by atoms with Crippen LogP contribution in [0, 0.1) is 0 Å². The maximum absolute atomic E-state index is 12.5. The summed E-state index contributed by atoms with van der Waals surface area (Å²) in [7, 11) is 0. The van der Waals surface area contributed by atoms with Crippen molar-refractivity contribution < 1.29 is 18.7 Å². The van der Waals surface area contributed by atoms with E-state index in [2.05, 4.69) is 10.6 Å². The summed E-state index contributed by atoms with van der Waals surface area (Å²) in [5, 5.41) is 5.87. The smallest absolute Gasteiger partial charge is 0.263 e. The van der Waals surface area contributed by atoms with Gasteiger partial charge in [0.05, 0.1) is 11.6 Å². The highest BCUT2D eigenvalue weighted by molar-refractivity contribution is 7.80. The van der Waals surface area contributed by atoms with Gasteiger partial charge in [-0.1, -0.05) is 35.9 Å². The minimum atomic E-state index is -0.610. The Balaban J connectivity index is 1.56. The lowest BCUT2D eigenvalue weighted by Gasteiger charge is -2.17. The number of carbonyl (C=O) groups is 2. The first-order chi connectivity index (χ1) is 17.4. The first-order valence-corrected chi connectivity index (χ1v) is 11.6. The minimum Gasteiger partial charge on any atom is -0.488 e. The van der Waals surface area contributed by atoms with Crippen molar-refractivity contribution >= 4 is 57.8 Å². The Morgan fingerprint density at radius 2 is 1.58 bits per heavy atom. The zero-order valence-electron chi connectivity index (χ0n) is 18.5. The standard InChI is InChI=1S/C27H17ClN2O5S/c28-19-5-1-15(2-6-19)14-35-23-7-3-16(17-4-8-24-20(12-17)22(31)9-10-34-24)11-18(23)13-21-25(32)29-27(36)30-26(21)33/h1-13H,14H2,(H2,29,30,32,33,36). The molecule has 0 unspecified atom stereocenters. The van der Waals surface area contributed by atoms with Crippen LogP contribution in [0.15, 0.2) is 87.8 Å². The Morgan fingerprint density at radius 3 is 2.33 bits per heavy atom. The van der Waals surface area contributed by atoms with E-state index in [9.17, 15) is 14.4 Å². The summed E-state index contributed by atoms with van der Waals surface area (Å²) >= 11 is 10.8. The Kier molecular flexibility index (Phi) is 6.37. The van der Waals surface area contributed by atoms with Crippen LogP contribution >= 0.6 is 23.8 Å².